The number of hydrogen-bond donors (Lipinski definition) is 1. The normalized spacial score (nSPS) is 10.7. The van der Waals surface area contributed by atoms with Crippen LogP contribution in [0.5, 0.6) is 0 Å². The molecule has 1 N–H and O–H groups in total. The van der Waals surface area contributed by atoms with Gasteiger partial charge in [0.1, 0.15) is 0 Å². The van der Waals surface area contributed by atoms with Crippen LogP contribution in [-0.4, -0.2) is 23.8 Å². The van der Waals surface area contributed by atoms with E-state index in [0.717, 1.165) is 30.6 Å². The summed E-state index contributed by atoms with van der Waals surface area (Å²) < 4.78 is 0. The smallest absolute Gasteiger partial charge is 0.0929 e. The summed E-state index contributed by atoms with van der Waals surface area (Å²) in [6.45, 7) is 1.02. The van der Waals surface area contributed by atoms with Gasteiger partial charge in [0.2, 0.25) is 0 Å². The van der Waals surface area contributed by atoms with Crippen LogP contribution in [0.2, 0.25) is 0 Å². The van der Waals surface area contributed by atoms with E-state index in [4.69, 9.17) is 0 Å². The van der Waals surface area contributed by atoms with Crippen molar-refractivity contribution < 1.29 is 0 Å². The van der Waals surface area contributed by atoms with Crippen LogP contribution in [-0.2, 0) is 6.42 Å². The minimum absolute atomic E-state index is 0.967. The summed E-state index contributed by atoms with van der Waals surface area (Å²) in [6.07, 6.45) is 2.09. The quantitative estimate of drug-likeness (QED) is 0.766. The van der Waals surface area contributed by atoms with E-state index in [0.29, 0.717) is 0 Å². The van der Waals surface area contributed by atoms with E-state index in [-0.39, 0.29) is 0 Å². The van der Waals surface area contributed by atoms with Crippen LogP contribution in [0.15, 0.2) is 30.3 Å². The van der Waals surface area contributed by atoms with Crippen LogP contribution in [0.25, 0.3) is 10.9 Å². The summed E-state index contributed by atoms with van der Waals surface area (Å²) in [6, 6.07) is 10.2. The standard InChI is InChI=1S/C12H15N3/c1-13-8-4-6-11-9-10-5-2-3-7-12(10)15-14-11/h2-3,5,7,9,13H,4,6,8H2,1H3. The Morgan fingerprint density at radius 1 is 1.20 bits per heavy atom. The summed E-state index contributed by atoms with van der Waals surface area (Å²) in [5.41, 5.74) is 2.04. The highest BCUT2D eigenvalue weighted by Gasteiger charge is 1.98. The molecule has 0 amide bonds. The highest BCUT2D eigenvalue weighted by Crippen LogP contribution is 2.11. The molecule has 1 heterocycles. The maximum Gasteiger partial charge on any atom is 0.0929 e. The highest BCUT2D eigenvalue weighted by molar-refractivity contribution is 5.77. The summed E-state index contributed by atoms with van der Waals surface area (Å²) in [7, 11) is 1.96. The SMILES string of the molecule is CNCCCc1cc2ccccc2nn1. The molecule has 1 aromatic heterocycles. The van der Waals surface area contributed by atoms with Gasteiger partial charge in [-0.05, 0) is 38.6 Å². The monoisotopic (exact) mass is 201 g/mol. The molecule has 0 bridgehead atoms. The Morgan fingerprint density at radius 3 is 2.93 bits per heavy atom. The van der Waals surface area contributed by atoms with E-state index in [1.165, 1.54) is 5.39 Å². The van der Waals surface area contributed by atoms with Crippen LogP contribution >= 0.6 is 0 Å². The maximum atomic E-state index is 4.20. The number of benzene rings is 1. The lowest BCUT2D eigenvalue weighted by Gasteiger charge is -2.01. The first kappa shape index (κ1) is 10.1. The van der Waals surface area contributed by atoms with E-state index in [1.54, 1.807) is 0 Å². The van der Waals surface area contributed by atoms with Gasteiger partial charge in [0.25, 0.3) is 0 Å². The Labute approximate surface area is 89.5 Å². The fourth-order valence-corrected chi connectivity index (χ4v) is 1.60. The zero-order valence-corrected chi connectivity index (χ0v) is 8.90. The number of hydrogen-bond acceptors (Lipinski definition) is 3. The summed E-state index contributed by atoms with van der Waals surface area (Å²) in [5, 5.41) is 12.7. The molecule has 2 aromatic rings. The Bertz CT molecular complexity index is 440. The van der Waals surface area contributed by atoms with Gasteiger partial charge >= 0.3 is 0 Å². The third kappa shape index (κ3) is 2.50. The number of aryl methyl sites for hydroxylation is 1. The largest absolute Gasteiger partial charge is 0.320 e. The minimum Gasteiger partial charge on any atom is -0.320 e. The van der Waals surface area contributed by atoms with Crippen molar-refractivity contribution in [2.24, 2.45) is 0 Å². The van der Waals surface area contributed by atoms with E-state index < -0.39 is 0 Å². The van der Waals surface area contributed by atoms with Gasteiger partial charge in [-0.1, -0.05) is 18.2 Å². The Morgan fingerprint density at radius 2 is 2.07 bits per heavy atom. The lowest BCUT2D eigenvalue weighted by Crippen LogP contribution is -2.09. The number of nitrogens with zero attached hydrogens (tertiary/aromatic N) is 2. The van der Waals surface area contributed by atoms with Crippen molar-refractivity contribution in [1.82, 2.24) is 15.5 Å². The Kier molecular flexibility index (Phi) is 3.25. The fraction of sp³-hybridized carbons (Fsp3) is 0.333. The second-order valence-corrected chi connectivity index (χ2v) is 3.60. The summed E-state index contributed by atoms with van der Waals surface area (Å²) >= 11 is 0. The van der Waals surface area contributed by atoms with Gasteiger partial charge in [0, 0.05) is 5.39 Å². The van der Waals surface area contributed by atoms with Crippen molar-refractivity contribution in [3.63, 3.8) is 0 Å². The van der Waals surface area contributed by atoms with Gasteiger partial charge in [-0.15, -0.1) is 0 Å². The second kappa shape index (κ2) is 4.84. The van der Waals surface area contributed by atoms with Gasteiger partial charge < -0.3 is 5.32 Å². The van der Waals surface area contributed by atoms with Crippen LogP contribution < -0.4 is 5.32 Å². The molecule has 0 saturated heterocycles. The van der Waals surface area contributed by atoms with Crippen molar-refractivity contribution in [1.29, 1.82) is 0 Å². The van der Waals surface area contributed by atoms with Crippen LogP contribution in [0.3, 0.4) is 0 Å². The topological polar surface area (TPSA) is 37.8 Å². The molecular weight excluding hydrogens is 186 g/mol. The second-order valence-electron chi connectivity index (χ2n) is 3.60. The number of rotatable bonds is 4. The van der Waals surface area contributed by atoms with Crippen LogP contribution in [0, 0.1) is 0 Å². The average Bonchev–Trinajstić information content (AvgIpc) is 2.29. The predicted octanol–water partition coefficient (Wildman–Crippen LogP) is 1.78. The zero-order valence-electron chi connectivity index (χ0n) is 8.90. The number of fused-ring (bicyclic) bond motifs is 1. The van der Waals surface area contributed by atoms with Crippen LogP contribution in [0.1, 0.15) is 12.1 Å². The van der Waals surface area contributed by atoms with Gasteiger partial charge in [0.15, 0.2) is 0 Å². The highest BCUT2D eigenvalue weighted by atomic mass is 15.1. The molecule has 0 saturated carbocycles. The molecule has 0 atom stereocenters. The minimum atomic E-state index is 0.967. The van der Waals surface area contributed by atoms with Crippen molar-refractivity contribution in [3.05, 3.63) is 36.0 Å². The molecule has 0 aliphatic carbocycles. The fourth-order valence-electron chi connectivity index (χ4n) is 1.60. The van der Waals surface area contributed by atoms with Gasteiger partial charge in [-0.2, -0.15) is 10.2 Å². The maximum absolute atomic E-state index is 4.20. The molecule has 0 aliphatic heterocycles. The lowest BCUT2D eigenvalue weighted by molar-refractivity contribution is 0.710. The molecule has 2 rings (SSSR count). The van der Waals surface area contributed by atoms with E-state index in [2.05, 4.69) is 27.6 Å². The van der Waals surface area contributed by atoms with Crippen molar-refractivity contribution in [2.75, 3.05) is 13.6 Å². The molecule has 15 heavy (non-hydrogen) atoms. The Hall–Kier alpha value is -1.48. The summed E-state index contributed by atoms with van der Waals surface area (Å²) in [4.78, 5) is 0. The predicted molar refractivity (Wildman–Crippen MR) is 61.8 cm³/mol. The van der Waals surface area contributed by atoms with E-state index in [1.807, 2.05) is 25.2 Å². The molecule has 78 valence electrons. The first-order chi connectivity index (χ1) is 7.40. The average molecular weight is 201 g/mol. The molecule has 0 fully saturated rings. The lowest BCUT2D eigenvalue weighted by atomic mass is 10.1. The zero-order chi connectivity index (χ0) is 10.5. The summed E-state index contributed by atoms with van der Waals surface area (Å²) in [5.74, 6) is 0. The molecule has 1 aromatic carbocycles. The molecule has 0 aliphatic rings. The molecule has 0 spiro atoms. The Balaban J connectivity index is 2.16. The number of nitrogens with one attached hydrogen (secondary N) is 1. The van der Waals surface area contributed by atoms with E-state index >= 15 is 0 Å². The molecular formula is C12H15N3. The van der Waals surface area contributed by atoms with E-state index in [9.17, 15) is 0 Å². The number of aromatic nitrogens is 2. The molecule has 3 nitrogen and oxygen atoms in total. The first-order valence-electron chi connectivity index (χ1n) is 5.26. The third-order valence-electron chi connectivity index (χ3n) is 2.40. The molecule has 3 heteroatoms. The third-order valence-corrected chi connectivity index (χ3v) is 2.40. The van der Waals surface area contributed by atoms with Gasteiger partial charge in [-0.25, -0.2) is 0 Å². The molecule has 0 radical (unpaired) electrons. The van der Waals surface area contributed by atoms with Crippen molar-refractivity contribution in [2.45, 2.75) is 12.8 Å². The van der Waals surface area contributed by atoms with Gasteiger partial charge in [0.05, 0.1) is 11.2 Å². The van der Waals surface area contributed by atoms with Crippen molar-refractivity contribution in [3.8, 4) is 0 Å². The first-order valence-corrected chi connectivity index (χ1v) is 5.26. The molecule has 0 unspecified atom stereocenters. The van der Waals surface area contributed by atoms with Crippen LogP contribution in [0.4, 0.5) is 0 Å². The van der Waals surface area contributed by atoms with Crippen molar-refractivity contribution >= 4 is 10.9 Å². The van der Waals surface area contributed by atoms with Gasteiger partial charge in [-0.3, -0.25) is 0 Å².